The highest BCUT2D eigenvalue weighted by atomic mass is 19.4. The first-order chi connectivity index (χ1) is 13.3. The second kappa shape index (κ2) is 7.79. The molecule has 148 valence electrons. The average Bonchev–Trinajstić information content (AvgIpc) is 3.12. The summed E-state index contributed by atoms with van der Waals surface area (Å²) < 4.78 is 48.1. The zero-order valence-corrected chi connectivity index (χ0v) is 14.4. The molecule has 0 aliphatic carbocycles. The van der Waals surface area contributed by atoms with Crippen LogP contribution in [-0.4, -0.2) is 35.9 Å². The molecular weight excluding hydrogens is 379 g/mol. The SMILES string of the molecule is O=C(O)C(Oc1ccc2c(c1)CCN2)C(OC(=O)C(F)(F)F)c1ccccc1. The van der Waals surface area contributed by atoms with Crippen molar-refractivity contribution in [3.05, 3.63) is 59.7 Å². The van der Waals surface area contributed by atoms with Crippen molar-refractivity contribution in [3.8, 4) is 5.75 Å². The molecule has 2 atom stereocenters. The van der Waals surface area contributed by atoms with Crippen molar-refractivity contribution in [2.45, 2.75) is 24.8 Å². The smallest absolute Gasteiger partial charge is 0.478 e. The number of hydrogen-bond donors (Lipinski definition) is 2. The molecule has 0 bridgehead atoms. The number of rotatable bonds is 6. The van der Waals surface area contributed by atoms with Crippen molar-refractivity contribution in [2.75, 3.05) is 11.9 Å². The predicted octanol–water partition coefficient (Wildman–Crippen LogP) is 3.33. The quantitative estimate of drug-likeness (QED) is 0.730. The molecule has 0 amide bonds. The van der Waals surface area contributed by atoms with E-state index in [9.17, 15) is 27.9 Å². The van der Waals surface area contributed by atoms with Gasteiger partial charge in [0.2, 0.25) is 6.10 Å². The molecule has 0 saturated heterocycles. The minimum absolute atomic E-state index is 0.0651. The number of benzene rings is 2. The molecule has 0 radical (unpaired) electrons. The van der Waals surface area contributed by atoms with E-state index in [2.05, 4.69) is 10.1 Å². The van der Waals surface area contributed by atoms with Gasteiger partial charge < -0.3 is 19.9 Å². The third kappa shape index (κ3) is 4.36. The van der Waals surface area contributed by atoms with Gasteiger partial charge in [0.15, 0.2) is 6.10 Å². The highest BCUT2D eigenvalue weighted by Gasteiger charge is 2.45. The topological polar surface area (TPSA) is 84.9 Å². The number of alkyl halides is 3. The van der Waals surface area contributed by atoms with E-state index in [4.69, 9.17) is 4.74 Å². The van der Waals surface area contributed by atoms with E-state index >= 15 is 0 Å². The van der Waals surface area contributed by atoms with Crippen LogP contribution in [0.5, 0.6) is 5.75 Å². The maximum atomic E-state index is 12.7. The molecule has 2 N–H and O–H groups in total. The Labute approximate surface area is 157 Å². The number of carboxylic acid groups (broad SMARTS) is 1. The van der Waals surface area contributed by atoms with Crippen LogP contribution in [0.25, 0.3) is 0 Å². The molecular formula is C19H16F3NO5. The van der Waals surface area contributed by atoms with Crippen LogP contribution < -0.4 is 10.1 Å². The van der Waals surface area contributed by atoms with Gasteiger partial charge in [0, 0.05) is 12.2 Å². The average molecular weight is 395 g/mol. The van der Waals surface area contributed by atoms with Crippen molar-refractivity contribution in [2.24, 2.45) is 0 Å². The Morgan fingerprint density at radius 3 is 2.46 bits per heavy atom. The summed E-state index contributed by atoms with van der Waals surface area (Å²) in [6.07, 6.45) is -8.23. The van der Waals surface area contributed by atoms with E-state index in [-0.39, 0.29) is 11.3 Å². The molecule has 3 rings (SSSR count). The minimum Gasteiger partial charge on any atom is -0.478 e. The molecule has 0 fully saturated rings. The van der Waals surface area contributed by atoms with Gasteiger partial charge in [-0.2, -0.15) is 13.2 Å². The molecule has 0 saturated carbocycles. The van der Waals surface area contributed by atoms with Crippen LogP contribution >= 0.6 is 0 Å². The lowest BCUT2D eigenvalue weighted by Crippen LogP contribution is -2.39. The first-order valence-electron chi connectivity index (χ1n) is 8.34. The summed E-state index contributed by atoms with van der Waals surface area (Å²) in [6.45, 7) is 0.719. The van der Waals surface area contributed by atoms with Crippen LogP contribution in [0.2, 0.25) is 0 Å². The number of carbonyl (C=O) groups is 2. The van der Waals surface area contributed by atoms with Crippen molar-refractivity contribution >= 4 is 17.6 Å². The van der Waals surface area contributed by atoms with Crippen molar-refractivity contribution in [1.29, 1.82) is 0 Å². The van der Waals surface area contributed by atoms with Crippen LogP contribution in [0.1, 0.15) is 17.2 Å². The Balaban J connectivity index is 1.92. The third-order valence-electron chi connectivity index (χ3n) is 4.16. The fourth-order valence-electron chi connectivity index (χ4n) is 2.87. The van der Waals surface area contributed by atoms with Crippen molar-refractivity contribution in [3.63, 3.8) is 0 Å². The molecule has 1 heterocycles. The fourth-order valence-corrected chi connectivity index (χ4v) is 2.87. The van der Waals surface area contributed by atoms with E-state index in [0.717, 1.165) is 17.8 Å². The number of nitrogens with one attached hydrogen (secondary N) is 1. The van der Waals surface area contributed by atoms with Gasteiger partial charge in [0.25, 0.3) is 0 Å². The predicted molar refractivity (Wildman–Crippen MR) is 92.0 cm³/mol. The summed E-state index contributed by atoms with van der Waals surface area (Å²) in [6, 6.07) is 12.1. The molecule has 0 spiro atoms. The zero-order valence-electron chi connectivity index (χ0n) is 14.4. The molecule has 2 aromatic rings. The number of ether oxygens (including phenoxy) is 2. The number of carbonyl (C=O) groups excluding carboxylic acids is 1. The van der Waals surface area contributed by atoms with Gasteiger partial charge in [-0.25, -0.2) is 9.59 Å². The summed E-state index contributed by atoms with van der Waals surface area (Å²) in [5.41, 5.74) is 1.84. The summed E-state index contributed by atoms with van der Waals surface area (Å²) in [7, 11) is 0. The molecule has 1 aliphatic rings. The normalized spacial score (nSPS) is 15.1. The van der Waals surface area contributed by atoms with Gasteiger partial charge in [-0.1, -0.05) is 30.3 Å². The molecule has 9 heteroatoms. The number of aliphatic carboxylic acids is 1. The van der Waals surface area contributed by atoms with Gasteiger partial charge in [0.05, 0.1) is 0 Å². The Morgan fingerprint density at radius 2 is 1.82 bits per heavy atom. The first kappa shape index (κ1) is 19.5. The standard InChI is InChI=1S/C19H16F3NO5/c20-19(21,22)18(26)28-15(11-4-2-1-3-5-11)16(17(24)25)27-13-6-7-14-12(10-13)8-9-23-14/h1-7,10,15-16,23H,8-9H2,(H,24,25). The Bertz CT molecular complexity index is 870. The van der Waals surface area contributed by atoms with Gasteiger partial charge in [-0.05, 0) is 35.7 Å². The van der Waals surface area contributed by atoms with Gasteiger partial charge in [0.1, 0.15) is 5.75 Å². The Kier molecular flexibility index (Phi) is 5.43. The summed E-state index contributed by atoms with van der Waals surface area (Å²) in [5.74, 6) is -3.91. The Hall–Kier alpha value is -3.23. The minimum atomic E-state index is -5.27. The van der Waals surface area contributed by atoms with Gasteiger partial charge >= 0.3 is 18.1 Å². The number of anilines is 1. The van der Waals surface area contributed by atoms with Crippen molar-refractivity contribution in [1.82, 2.24) is 0 Å². The molecule has 0 aromatic heterocycles. The number of hydrogen-bond acceptors (Lipinski definition) is 5. The monoisotopic (exact) mass is 395 g/mol. The van der Waals surface area contributed by atoms with E-state index in [1.54, 1.807) is 18.2 Å². The highest BCUT2D eigenvalue weighted by Crippen LogP contribution is 2.32. The fraction of sp³-hybridized carbons (Fsp3) is 0.263. The van der Waals surface area contributed by atoms with Crippen LogP contribution in [0.3, 0.4) is 0 Å². The van der Waals surface area contributed by atoms with E-state index in [1.807, 2.05) is 0 Å². The second-order valence-electron chi connectivity index (χ2n) is 6.11. The van der Waals surface area contributed by atoms with Gasteiger partial charge in [-0.3, -0.25) is 0 Å². The lowest BCUT2D eigenvalue weighted by atomic mass is 10.0. The van der Waals surface area contributed by atoms with Crippen LogP contribution in [0.4, 0.5) is 18.9 Å². The summed E-state index contributed by atoms with van der Waals surface area (Å²) in [4.78, 5) is 23.2. The molecule has 28 heavy (non-hydrogen) atoms. The maximum Gasteiger partial charge on any atom is 0.490 e. The zero-order chi connectivity index (χ0) is 20.3. The van der Waals surface area contributed by atoms with Crippen LogP contribution in [0, 0.1) is 0 Å². The molecule has 1 aliphatic heterocycles. The highest BCUT2D eigenvalue weighted by molar-refractivity contribution is 5.78. The number of esters is 1. The van der Waals surface area contributed by atoms with Crippen LogP contribution in [0.15, 0.2) is 48.5 Å². The number of halogens is 3. The second-order valence-corrected chi connectivity index (χ2v) is 6.11. The molecule has 6 nitrogen and oxygen atoms in total. The van der Waals surface area contributed by atoms with Crippen molar-refractivity contribution < 1.29 is 37.3 Å². The molecule has 2 unspecified atom stereocenters. The van der Waals surface area contributed by atoms with E-state index < -0.39 is 30.3 Å². The van der Waals surface area contributed by atoms with Crippen LogP contribution in [-0.2, 0) is 20.7 Å². The number of carboxylic acids is 1. The number of fused-ring (bicyclic) bond motifs is 1. The Morgan fingerprint density at radius 1 is 1.11 bits per heavy atom. The summed E-state index contributed by atoms with van der Waals surface area (Å²) >= 11 is 0. The third-order valence-corrected chi connectivity index (χ3v) is 4.16. The summed E-state index contributed by atoms with van der Waals surface area (Å²) in [5, 5.41) is 12.7. The first-order valence-corrected chi connectivity index (χ1v) is 8.34. The largest absolute Gasteiger partial charge is 0.490 e. The van der Waals surface area contributed by atoms with Gasteiger partial charge in [-0.15, -0.1) is 0 Å². The van der Waals surface area contributed by atoms with E-state index in [0.29, 0.717) is 6.42 Å². The molecule has 2 aromatic carbocycles. The maximum absolute atomic E-state index is 12.7. The lowest BCUT2D eigenvalue weighted by molar-refractivity contribution is -0.210. The lowest BCUT2D eigenvalue weighted by Gasteiger charge is -2.25. The van der Waals surface area contributed by atoms with E-state index in [1.165, 1.54) is 30.3 Å².